The smallest absolute Gasteiger partial charge is 0.231 e. The number of carbonyl (C=O) groups is 1. The van der Waals surface area contributed by atoms with Crippen molar-refractivity contribution in [3.63, 3.8) is 0 Å². The monoisotopic (exact) mass is 494 g/mol. The minimum atomic E-state index is -0.0926. The summed E-state index contributed by atoms with van der Waals surface area (Å²) in [7, 11) is 0. The Morgan fingerprint density at radius 1 is 1.15 bits per heavy atom. The van der Waals surface area contributed by atoms with Crippen LogP contribution in [-0.2, 0) is 23.6 Å². The summed E-state index contributed by atoms with van der Waals surface area (Å²) in [6.07, 6.45) is 0.233. The standard InChI is InChI=1S/C24H26N6O2S2/c1-16(2)17-8-10-20(11-9-17)32-13-21-28-29-24(30(21)25)34-15-19-14-33-23(27-19)12-22(31)26-18-6-4-3-5-7-18/h3-11,14,16H,12-13,15,25H2,1-2H3,(H,26,31). The van der Waals surface area contributed by atoms with Gasteiger partial charge in [-0.1, -0.05) is 55.9 Å². The highest BCUT2D eigenvalue weighted by Crippen LogP contribution is 2.23. The number of para-hydroxylation sites is 1. The third kappa shape index (κ3) is 6.36. The summed E-state index contributed by atoms with van der Waals surface area (Å²) in [6.45, 7) is 4.53. The maximum Gasteiger partial charge on any atom is 0.231 e. The molecular formula is C24H26N6O2S2. The van der Waals surface area contributed by atoms with Gasteiger partial charge in [0.25, 0.3) is 0 Å². The lowest BCUT2D eigenvalue weighted by Gasteiger charge is -2.08. The molecule has 34 heavy (non-hydrogen) atoms. The maximum atomic E-state index is 12.2. The van der Waals surface area contributed by atoms with Crippen molar-refractivity contribution in [2.24, 2.45) is 0 Å². The summed E-state index contributed by atoms with van der Waals surface area (Å²) in [5, 5.41) is 14.5. The Morgan fingerprint density at radius 3 is 2.65 bits per heavy atom. The number of amides is 1. The average molecular weight is 495 g/mol. The molecule has 2 aromatic carbocycles. The maximum absolute atomic E-state index is 12.2. The molecule has 8 nitrogen and oxygen atoms in total. The molecule has 0 spiro atoms. The van der Waals surface area contributed by atoms with Crippen molar-refractivity contribution in [1.29, 1.82) is 0 Å². The molecule has 0 unspecified atom stereocenters. The van der Waals surface area contributed by atoms with Gasteiger partial charge < -0.3 is 15.9 Å². The van der Waals surface area contributed by atoms with E-state index in [0.29, 0.717) is 22.7 Å². The van der Waals surface area contributed by atoms with E-state index >= 15 is 0 Å². The first kappa shape index (κ1) is 23.8. The van der Waals surface area contributed by atoms with E-state index in [4.69, 9.17) is 10.6 Å². The number of hydrogen-bond donors (Lipinski definition) is 2. The van der Waals surface area contributed by atoms with Crippen LogP contribution in [0.3, 0.4) is 0 Å². The second kappa shape index (κ2) is 11.2. The van der Waals surface area contributed by atoms with E-state index < -0.39 is 0 Å². The first-order valence-electron chi connectivity index (χ1n) is 10.8. The molecular weight excluding hydrogens is 468 g/mol. The molecule has 0 bridgehead atoms. The molecule has 0 fully saturated rings. The number of nitrogen functional groups attached to an aromatic ring is 1. The van der Waals surface area contributed by atoms with E-state index in [1.807, 2.05) is 47.8 Å². The molecule has 0 aliphatic rings. The largest absolute Gasteiger partial charge is 0.486 e. The molecule has 0 radical (unpaired) electrons. The first-order chi connectivity index (χ1) is 16.5. The van der Waals surface area contributed by atoms with E-state index in [2.05, 4.69) is 46.5 Å². The number of carbonyl (C=O) groups excluding carboxylic acids is 1. The number of thiazole rings is 1. The van der Waals surface area contributed by atoms with Crippen LogP contribution in [0.25, 0.3) is 0 Å². The Bertz CT molecular complexity index is 1220. The Balaban J connectivity index is 1.26. The molecule has 0 atom stereocenters. The van der Waals surface area contributed by atoms with Gasteiger partial charge in [0.15, 0.2) is 5.82 Å². The van der Waals surface area contributed by atoms with Gasteiger partial charge in [0.1, 0.15) is 17.4 Å². The van der Waals surface area contributed by atoms with Gasteiger partial charge in [-0.3, -0.25) is 4.79 Å². The van der Waals surface area contributed by atoms with Gasteiger partial charge >= 0.3 is 0 Å². The second-order valence-corrected chi connectivity index (χ2v) is 9.78. The molecule has 0 aliphatic heterocycles. The summed E-state index contributed by atoms with van der Waals surface area (Å²) in [4.78, 5) is 16.8. The molecule has 4 rings (SSSR count). The zero-order valence-electron chi connectivity index (χ0n) is 19.0. The van der Waals surface area contributed by atoms with E-state index in [1.165, 1.54) is 33.3 Å². The number of rotatable bonds is 10. The zero-order chi connectivity index (χ0) is 23.9. The summed E-state index contributed by atoms with van der Waals surface area (Å²) < 4.78 is 7.24. The van der Waals surface area contributed by atoms with Crippen LogP contribution >= 0.6 is 23.1 Å². The molecule has 1 amide bonds. The molecule has 2 heterocycles. The van der Waals surface area contributed by atoms with Crippen molar-refractivity contribution >= 4 is 34.7 Å². The first-order valence-corrected chi connectivity index (χ1v) is 12.7. The normalized spacial score (nSPS) is 11.0. The highest BCUT2D eigenvalue weighted by atomic mass is 32.2. The quantitative estimate of drug-likeness (QED) is 0.244. The van der Waals surface area contributed by atoms with Crippen LogP contribution in [0.2, 0.25) is 0 Å². The summed E-state index contributed by atoms with van der Waals surface area (Å²) in [5.74, 6) is 8.41. The van der Waals surface area contributed by atoms with E-state index in [-0.39, 0.29) is 18.9 Å². The number of anilines is 1. The van der Waals surface area contributed by atoms with Crippen molar-refractivity contribution in [2.45, 2.75) is 43.7 Å². The Labute approximate surface area is 206 Å². The van der Waals surface area contributed by atoms with Crippen molar-refractivity contribution in [1.82, 2.24) is 19.9 Å². The second-order valence-electron chi connectivity index (χ2n) is 7.89. The van der Waals surface area contributed by atoms with Crippen molar-refractivity contribution in [3.8, 4) is 5.75 Å². The van der Waals surface area contributed by atoms with Crippen molar-refractivity contribution in [2.75, 3.05) is 11.2 Å². The van der Waals surface area contributed by atoms with Crippen LogP contribution in [-0.4, -0.2) is 25.8 Å². The molecule has 0 aliphatic carbocycles. The van der Waals surface area contributed by atoms with Gasteiger partial charge in [-0.2, -0.15) is 0 Å². The highest BCUT2D eigenvalue weighted by Gasteiger charge is 2.13. The highest BCUT2D eigenvalue weighted by molar-refractivity contribution is 7.98. The summed E-state index contributed by atoms with van der Waals surface area (Å²) in [6, 6.07) is 17.4. The van der Waals surface area contributed by atoms with E-state index in [9.17, 15) is 4.79 Å². The van der Waals surface area contributed by atoms with Crippen molar-refractivity contribution in [3.05, 3.63) is 82.1 Å². The van der Waals surface area contributed by atoms with Crippen LogP contribution in [0.5, 0.6) is 5.75 Å². The lowest BCUT2D eigenvalue weighted by atomic mass is 10.0. The third-order valence-corrected chi connectivity index (χ3v) is 6.84. The predicted molar refractivity (Wildman–Crippen MR) is 135 cm³/mol. The molecule has 0 saturated heterocycles. The molecule has 176 valence electrons. The fourth-order valence-corrected chi connectivity index (χ4v) is 4.77. The minimum absolute atomic E-state index is 0.0926. The number of ether oxygens (including phenoxy) is 1. The topological polar surface area (TPSA) is 108 Å². The molecule has 3 N–H and O–H groups in total. The van der Waals surface area contributed by atoms with Crippen LogP contribution in [0.4, 0.5) is 5.69 Å². The molecule has 0 saturated carbocycles. The van der Waals surface area contributed by atoms with E-state index in [0.717, 1.165) is 22.1 Å². The lowest BCUT2D eigenvalue weighted by Crippen LogP contribution is -2.15. The number of nitrogens with one attached hydrogen (secondary N) is 1. The van der Waals surface area contributed by atoms with Gasteiger partial charge in [0.2, 0.25) is 11.1 Å². The lowest BCUT2D eigenvalue weighted by molar-refractivity contribution is -0.115. The van der Waals surface area contributed by atoms with Crippen LogP contribution in [0.15, 0.2) is 65.1 Å². The van der Waals surface area contributed by atoms with Gasteiger partial charge in [-0.25, -0.2) is 9.66 Å². The van der Waals surface area contributed by atoms with Gasteiger partial charge in [0.05, 0.1) is 12.1 Å². The fraction of sp³-hybridized carbons (Fsp3) is 0.250. The summed E-state index contributed by atoms with van der Waals surface area (Å²) >= 11 is 2.90. The SMILES string of the molecule is CC(C)c1ccc(OCc2nnc(SCc3csc(CC(=O)Nc4ccccc4)n3)n2N)cc1. The Morgan fingerprint density at radius 2 is 1.91 bits per heavy atom. The number of nitrogens with two attached hydrogens (primary N) is 1. The number of hydrogen-bond acceptors (Lipinski definition) is 8. The van der Waals surface area contributed by atoms with Crippen LogP contribution < -0.4 is 15.9 Å². The Hall–Kier alpha value is -3.37. The van der Waals surface area contributed by atoms with Crippen LogP contribution in [0, 0.1) is 0 Å². The predicted octanol–water partition coefficient (Wildman–Crippen LogP) is 4.62. The molecule has 4 aromatic rings. The van der Waals surface area contributed by atoms with E-state index in [1.54, 1.807) is 0 Å². The zero-order valence-corrected chi connectivity index (χ0v) is 20.6. The van der Waals surface area contributed by atoms with Crippen molar-refractivity contribution < 1.29 is 9.53 Å². The van der Waals surface area contributed by atoms with Gasteiger partial charge in [-0.15, -0.1) is 21.5 Å². The third-order valence-electron chi connectivity index (χ3n) is 4.97. The van der Waals surface area contributed by atoms with Gasteiger partial charge in [-0.05, 0) is 35.7 Å². The number of benzene rings is 2. The number of thioether (sulfide) groups is 1. The molecule has 10 heteroatoms. The average Bonchev–Trinajstić information content (AvgIpc) is 3.43. The fourth-order valence-electron chi connectivity index (χ4n) is 3.10. The number of aromatic nitrogens is 4. The summed E-state index contributed by atoms with van der Waals surface area (Å²) in [5.41, 5.74) is 2.90. The van der Waals surface area contributed by atoms with Crippen LogP contribution in [0.1, 0.15) is 41.9 Å². The minimum Gasteiger partial charge on any atom is -0.486 e. The van der Waals surface area contributed by atoms with Gasteiger partial charge in [0, 0.05) is 16.8 Å². The Kier molecular flexibility index (Phi) is 7.81. The molecule has 2 aromatic heterocycles. The number of nitrogens with zero attached hydrogens (tertiary/aromatic N) is 4.